The Morgan fingerprint density at radius 2 is 1.88 bits per heavy atom. The second kappa shape index (κ2) is 4.94. The minimum Gasteiger partial charge on any atom is -0.359 e. The predicted octanol–water partition coefficient (Wildman–Crippen LogP) is 3.02. The molecule has 0 saturated heterocycles. The van der Waals surface area contributed by atoms with Gasteiger partial charge in [-0.1, -0.05) is 0 Å². The topological polar surface area (TPSA) is 29.1 Å². The number of benzene rings is 1. The molecule has 0 aliphatic carbocycles. The third-order valence-corrected chi connectivity index (χ3v) is 1.68. The molecule has 0 fully saturated rings. The largest absolute Gasteiger partial charge is 0.454 e. The summed E-state index contributed by atoms with van der Waals surface area (Å²) < 4.78 is 60.7. The van der Waals surface area contributed by atoms with Crippen LogP contribution in [0.3, 0.4) is 0 Å². The summed E-state index contributed by atoms with van der Waals surface area (Å²) in [5.74, 6) is -3.87. The maximum atomic E-state index is 13.0. The van der Waals surface area contributed by atoms with Crippen molar-refractivity contribution in [1.82, 2.24) is 0 Å². The Morgan fingerprint density at radius 1 is 1.24 bits per heavy atom. The standard InChI is InChI=1S/C10H6F5NO/c11-6-1-2-8(7(12)5-6)16-4-3-9(17)10(13,14)15/h1-5,16H/b4-3-. The first-order chi connectivity index (χ1) is 7.80. The minimum atomic E-state index is -4.97. The molecule has 0 amide bonds. The van der Waals surface area contributed by atoms with Crippen LogP contribution in [0.4, 0.5) is 27.6 Å². The fourth-order valence-corrected chi connectivity index (χ4v) is 0.908. The number of carbonyl (C=O) groups is 1. The van der Waals surface area contributed by atoms with E-state index in [1.54, 1.807) is 0 Å². The summed E-state index contributed by atoms with van der Waals surface area (Å²) in [6.07, 6.45) is -4.13. The Labute approximate surface area is 92.7 Å². The summed E-state index contributed by atoms with van der Waals surface area (Å²) in [6.45, 7) is 0. The Kier molecular flexibility index (Phi) is 3.82. The molecule has 7 heteroatoms. The van der Waals surface area contributed by atoms with Crippen molar-refractivity contribution >= 4 is 11.5 Å². The fraction of sp³-hybridized carbons (Fsp3) is 0.100. The quantitative estimate of drug-likeness (QED) is 0.660. The van der Waals surface area contributed by atoms with Crippen molar-refractivity contribution in [2.24, 2.45) is 0 Å². The van der Waals surface area contributed by atoms with Gasteiger partial charge in [-0.05, 0) is 12.1 Å². The lowest BCUT2D eigenvalue weighted by atomic mass is 10.3. The molecule has 0 unspecified atom stereocenters. The zero-order valence-electron chi connectivity index (χ0n) is 8.18. The van der Waals surface area contributed by atoms with E-state index in [0.717, 1.165) is 12.1 Å². The van der Waals surface area contributed by atoms with Crippen molar-refractivity contribution in [2.45, 2.75) is 6.18 Å². The first kappa shape index (κ1) is 13.1. The van der Waals surface area contributed by atoms with Gasteiger partial charge in [-0.15, -0.1) is 0 Å². The number of anilines is 1. The van der Waals surface area contributed by atoms with E-state index in [2.05, 4.69) is 5.32 Å². The first-order valence-electron chi connectivity index (χ1n) is 4.30. The van der Waals surface area contributed by atoms with Gasteiger partial charge >= 0.3 is 6.18 Å². The molecular weight excluding hydrogens is 245 g/mol. The average Bonchev–Trinajstić information content (AvgIpc) is 2.19. The number of hydrogen-bond acceptors (Lipinski definition) is 2. The van der Waals surface area contributed by atoms with E-state index in [1.807, 2.05) is 0 Å². The van der Waals surface area contributed by atoms with Crippen molar-refractivity contribution in [3.8, 4) is 0 Å². The number of carbonyl (C=O) groups excluding carboxylic acids is 1. The second-order valence-corrected chi connectivity index (χ2v) is 2.96. The van der Waals surface area contributed by atoms with Gasteiger partial charge in [-0.2, -0.15) is 13.2 Å². The summed E-state index contributed by atoms with van der Waals surface area (Å²) in [5, 5.41) is 2.10. The first-order valence-corrected chi connectivity index (χ1v) is 4.30. The molecule has 1 rings (SSSR count). The summed E-state index contributed by atoms with van der Waals surface area (Å²) in [6, 6.07) is 2.47. The highest BCUT2D eigenvalue weighted by Gasteiger charge is 2.35. The zero-order valence-corrected chi connectivity index (χ0v) is 8.18. The lowest BCUT2D eigenvalue weighted by molar-refractivity contribution is -0.165. The van der Waals surface area contributed by atoms with Gasteiger partial charge in [0.15, 0.2) is 0 Å². The lowest BCUT2D eigenvalue weighted by Crippen LogP contribution is -2.20. The maximum Gasteiger partial charge on any atom is 0.454 e. The molecule has 0 atom stereocenters. The molecular formula is C10H6F5NO. The number of ketones is 1. The van der Waals surface area contributed by atoms with E-state index in [0.29, 0.717) is 12.3 Å². The molecule has 0 spiro atoms. The van der Waals surface area contributed by atoms with E-state index in [1.165, 1.54) is 0 Å². The van der Waals surface area contributed by atoms with Crippen molar-refractivity contribution in [3.63, 3.8) is 0 Å². The minimum absolute atomic E-state index is 0.211. The third kappa shape index (κ3) is 3.86. The van der Waals surface area contributed by atoms with Gasteiger partial charge in [0.1, 0.15) is 11.6 Å². The molecule has 2 nitrogen and oxygen atoms in total. The van der Waals surface area contributed by atoms with Gasteiger partial charge in [-0.25, -0.2) is 8.78 Å². The Hall–Kier alpha value is -1.92. The smallest absolute Gasteiger partial charge is 0.359 e. The number of hydrogen-bond donors (Lipinski definition) is 1. The van der Waals surface area contributed by atoms with Crippen LogP contribution in [-0.2, 0) is 4.79 Å². The molecule has 17 heavy (non-hydrogen) atoms. The van der Waals surface area contributed by atoms with Gasteiger partial charge in [0.2, 0.25) is 0 Å². The number of allylic oxidation sites excluding steroid dienone is 1. The number of nitrogens with one attached hydrogen (secondary N) is 1. The van der Waals surface area contributed by atoms with Crippen LogP contribution in [0.2, 0.25) is 0 Å². The summed E-state index contributed by atoms with van der Waals surface area (Å²) in [4.78, 5) is 10.4. The van der Waals surface area contributed by atoms with E-state index in [9.17, 15) is 26.7 Å². The van der Waals surface area contributed by atoms with Crippen molar-refractivity contribution in [1.29, 1.82) is 0 Å². The molecule has 0 bridgehead atoms. The molecule has 0 radical (unpaired) electrons. The highest BCUT2D eigenvalue weighted by molar-refractivity contribution is 5.94. The summed E-state index contributed by atoms with van der Waals surface area (Å²) >= 11 is 0. The van der Waals surface area contributed by atoms with Crippen molar-refractivity contribution in [2.75, 3.05) is 5.32 Å². The van der Waals surface area contributed by atoms with Gasteiger partial charge in [0.05, 0.1) is 5.69 Å². The molecule has 1 aromatic carbocycles. The third-order valence-electron chi connectivity index (χ3n) is 1.68. The molecule has 0 aromatic heterocycles. The Morgan fingerprint density at radius 3 is 2.41 bits per heavy atom. The van der Waals surface area contributed by atoms with E-state index < -0.39 is 23.6 Å². The summed E-state index contributed by atoms with van der Waals surface area (Å²) in [5.41, 5.74) is -0.238. The van der Waals surface area contributed by atoms with E-state index in [-0.39, 0.29) is 11.8 Å². The summed E-state index contributed by atoms with van der Waals surface area (Å²) in [7, 11) is 0. The van der Waals surface area contributed by atoms with Gasteiger partial charge in [0.25, 0.3) is 5.78 Å². The Balaban J connectivity index is 2.68. The second-order valence-electron chi connectivity index (χ2n) is 2.96. The highest BCUT2D eigenvalue weighted by Crippen LogP contribution is 2.17. The van der Waals surface area contributed by atoms with Crippen LogP contribution in [0.1, 0.15) is 0 Å². The zero-order chi connectivity index (χ0) is 13.1. The van der Waals surface area contributed by atoms with E-state index in [4.69, 9.17) is 0 Å². The lowest BCUT2D eigenvalue weighted by Gasteiger charge is -2.03. The van der Waals surface area contributed by atoms with Crippen LogP contribution in [0.15, 0.2) is 30.5 Å². The monoisotopic (exact) mass is 251 g/mol. The average molecular weight is 251 g/mol. The SMILES string of the molecule is O=C(/C=C\Nc1ccc(F)cc1F)C(F)(F)F. The molecule has 1 N–H and O–H groups in total. The normalized spacial score (nSPS) is 11.8. The molecule has 1 aromatic rings. The fourth-order valence-electron chi connectivity index (χ4n) is 0.908. The van der Waals surface area contributed by atoms with Gasteiger partial charge in [-0.3, -0.25) is 4.79 Å². The number of alkyl halides is 3. The molecule has 92 valence electrons. The van der Waals surface area contributed by atoms with Crippen LogP contribution in [-0.4, -0.2) is 12.0 Å². The molecule has 0 aliphatic rings. The van der Waals surface area contributed by atoms with Gasteiger partial charge in [0, 0.05) is 18.3 Å². The van der Waals surface area contributed by atoms with Crippen LogP contribution < -0.4 is 5.32 Å². The van der Waals surface area contributed by atoms with Crippen LogP contribution in [0.25, 0.3) is 0 Å². The maximum absolute atomic E-state index is 13.0. The van der Waals surface area contributed by atoms with Gasteiger partial charge < -0.3 is 5.32 Å². The van der Waals surface area contributed by atoms with E-state index >= 15 is 0 Å². The molecule has 0 saturated carbocycles. The van der Waals surface area contributed by atoms with Crippen LogP contribution in [0.5, 0.6) is 0 Å². The van der Waals surface area contributed by atoms with Crippen LogP contribution in [0, 0.1) is 11.6 Å². The highest BCUT2D eigenvalue weighted by atomic mass is 19.4. The Bertz CT molecular complexity index is 452. The van der Waals surface area contributed by atoms with Crippen LogP contribution >= 0.6 is 0 Å². The van der Waals surface area contributed by atoms with Crippen molar-refractivity contribution in [3.05, 3.63) is 42.1 Å². The molecule has 0 heterocycles. The molecule has 0 aliphatic heterocycles. The number of rotatable bonds is 3. The predicted molar refractivity (Wildman–Crippen MR) is 50.2 cm³/mol. The number of halogens is 5. The van der Waals surface area contributed by atoms with Crippen molar-refractivity contribution < 1.29 is 26.7 Å².